The van der Waals surface area contributed by atoms with Crippen LogP contribution in [0.15, 0.2) is 30.3 Å². The van der Waals surface area contributed by atoms with E-state index in [9.17, 15) is 4.79 Å². The summed E-state index contributed by atoms with van der Waals surface area (Å²) < 4.78 is 1.17. The number of piperidine rings is 1. The largest absolute Gasteiger partial charge is 0.347 e. The van der Waals surface area contributed by atoms with Crippen molar-refractivity contribution in [3.8, 4) is 0 Å². The minimum atomic E-state index is 0. The summed E-state index contributed by atoms with van der Waals surface area (Å²) in [7, 11) is 0. The first kappa shape index (κ1) is 15.3. The van der Waals surface area contributed by atoms with Crippen molar-refractivity contribution in [1.82, 2.24) is 10.6 Å². The molecular formula is C15H19ClN2OS. The molecule has 1 aliphatic rings. The highest BCUT2D eigenvalue weighted by atomic mass is 35.5. The average molecular weight is 311 g/mol. The molecule has 1 amide bonds. The lowest BCUT2D eigenvalue weighted by atomic mass is 9.95. The Morgan fingerprint density at radius 2 is 2.20 bits per heavy atom. The fraction of sp³-hybridized carbons (Fsp3) is 0.400. The van der Waals surface area contributed by atoms with Gasteiger partial charge < -0.3 is 10.6 Å². The van der Waals surface area contributed by atoms with Crippen molar-refractivity contribution in [1.29, 1.82) is 0 Å². The molecule has 1 fully saturated rings. The molecule has 1 aromatic carbocycles. The molecule has 2 N–H and O–H groups in total. The zero-order valence-corrected chi connectivity index (χ0v) is 13.0. The van der Waals surface area contributed by atoms with Gasteiger partial charge in [-0.25, -0.2) is 0 Å². The maximum absolute atomic E-state index is 12.3. The van der Waals surface area contributed by atoms with E-state index < -0.39 is 0 Å². The zero-order valence-electron chi connectivity index (χ0n) is 11.4. The molecule has 1 saturated heterocycles. The molecule has 0 aliphatic carbocycles. The van der Waals surface area contributed by atoms with Crippen molar-refractivity contribution in [3.05, 3.63) is 35.2 Å². The molecule has 2 heterocycles. The van der Waals surface area contributed by atoms with Crippen molar-refractivity contribution in [2.75, 3.05) is 13.1 Å². The smallest absolute Gasteiger partial charge is 0.261 e. The normalized spacial score (nSPS) is 22.2. The van der Waals surface area contributed by atoms with Crippen molar-refractivity contribution >= 4 is 39.7 Å². The summed E-state index contributed by atoms with van der Waals surface area (Å²) in [5.74, 6) is 0.598. The number of benzene rings is 1. The van der Waals surface area contributed by atoms with Crippen molar-refractivity contribution in [3.63, 3.8) is 0 Å². The number of amides is 1. The summed E-state index contributed by atoms with van der Waals surface area (Å²) in [6, 6.07) is 10.3. The molecule has 2 unspecified atom stereocenters. The second-order valence-electron chi connectivity index (χ2n) is 5.20. The van der Waals surface area contributed by atoms with Crippen LogP contribution in [0.4, 0.5) is 0 Å². The number of hydrogen-bond donors (Lipinski definition) is 2. The predicted molar refractivity (Wildman–Crippen MR) is 87.0 cm³/mol. The van der Waals surface area contributed by atoms with Gasteiger partial charge in [-0.1, -0.05) is 25.1 Å². The number of hydrogen-bond acceptors (Lipinski definition) is 3. The van der Waals surface area contributed by atoms with Gasteiger partial charge in [0, 0.05) is 17.3 Å². The molecule has 2 atom stereocenters. The van der Waals surface area contributed by atoms with Crippen molar-refractivity contribution in [2.24, 2.45) is 5.92 Å². The van der Waals surface area contributed by atoms with Gasteiger partial charge in [-0.05, 0) is 36.4 Å². The van der Waals surface area contributed by atoms with E-state index in [0.29, 0.717) is 5.92 Å². The van der Waals surface area contributed by atoms with Crippen LogP contribution >= 0.6 is 23.7 Å². The van der Waals surface area contributed by atoms with E-state index in [1.165, 1.54) is 4.70 Å². The number of fused-ring (bicyclic) bond motifs is 1. The first-order valence-corrected chi connectivity index (χ1v) is 7.56. The van der Waals surface area contributed by atoms with Crippen LogP contribution < -0.4 is 10.6 Å². The Labute approximate surface area is 129 Å². The first-order chi connectivity index (χ1) is 9.24. The van der Waals surface area contributed by atoms with Gasteiger partial charge in [0.1, 0.15) is 0 Å². The minimum Gasteiger partial charge on any atom is -0.347 e. The number of carbonyl (C=O) groups is 1. The molecule has 108 valence electrons. The molecule has 1 aliphatic heterocycles. The maximum Gasteiger partial charge on any atom is 0.261 e. The molecule has 0 saturated carbocycles. The van der Waals surface area contributed by atoms with Gasteiger partial charge in [-0.3, -0.25) is 4.79 Å². The summed E-state index contributed by atoms with van der Waals surface area (Å²) in [5.41, 5.74) is 0. The van der Waals surface area contributed by atoms with E-state index in [2.05, 4.69) is 23.6 Å². The van der Waals surface area contributed by atoms with Crippen molar-refractivity contribution in [2.45, 2.75) is 19.4 Å². The third kappa shape index (κ3) is 3.14. The van der Waals surface area contributed by atoms with E-state index in [1.54, 1.807) is 11.3 Å². The van der Waals surface area contributed by atoms with Crippen LogP contribution in [-0.4, -0.2) is 25.0 Å². The number of halogens is 1. The molecule has 0 radical (unpaired) electrons. The lowest BCUT2D eigenvalue weighted by Crippen LogP contribution is -2.50. The SMILES string of the molecule is CC1CCNCC1NC(=O)c1cc2ccccc2s1.Cl. The summed E-state index contributed by atoms with van der Waals surface area (Å²) in [4.78, 5) is 13.1. The number of thiophene rings is 1. The van der Waals surface area contributed by atoms with Crippen LogP contribution in [-0.2, 0) is 0 Å². The Morgan fingerprint density at radius 3 is 2.95 bits per heavy atom. The Morgan fingerprint density at radius 1 is 1.40 bits per heavy atom. The summed E-state index contributed by atoms with van der Waals surface area (Å²) in [6.45, 7) is 4.13. The van der Waals surface area contributed by atoms with Crippen LogP contribution in [0.3, 0.4) is 0 Å². The summed E-state index contributed by atoms with van der Waals surface area (Å²) >= 11 is 1.56. The topological polar surface area (TPSA) is 41.1 Å². The molecule has 3 nitrogen and oxygen atoms in total. The van der Waals surface area contributed by atoms with Crippen LogP contribution in [0, 0.1) is 5.92 Å². The average Bonchev–Trinajstić information content (AvgIpc) is 2.85. The highest BCUT2D eigenvalue weighted by molar-refractivity contribution is 7.20. The Bertz CT molecular complexity index is 565. The third-order valence-electron chi connectivity index (χ3n) is 3.79. The Kier molecular flexibility index (Phi) is 5.02. The molecule has 3 rings (SSSR count). The predicted octanol–water partition coefficient (Wildman–Crippen LogP) is 3.05. The maximum atomic E-state index is 12.3. The number of rotatable bonds is 2. The Hall–Kier alpha value is -1.10. The second-order valence-corrected chi connectivity index (χ2v) is 6.28. The van der Waals surface area contributed by atoms with E-state index >= 15 is 0 Å². The standard InChI is InChI=1S/C15H18N2OS.ClH/c1-10-6-7-16-9-12(10)17-15(18)14-8-11-4-2-3-5-13(11)19-14;/h2-5,8,10,12,16H,6-7,9H2,1H3,(H,17,18);1H. The Balaban J connectivity index is 0.00000147. The van der Waals surface area contributed by atoms with E-state index in [0.717, 1.165) is 29.8 Å². The van der Waals surface area contributed by atoms with Crippen molar-refractivity contribution < 1.29 is 4.79 Å². The molecule has 20 heavy (non-hydrogen) atoms. The summed E-state index contributed by atoms with van der Waals surface area (Å²) in [5, 5.41) is 7.64. The fourth-order valence-electron chi connectivity index (χ4n) is 2.52. The van der Waals surface area contributed by atoms with Crippen LogP contribution in [0.5, 0.6) is 0 Å². The molecular weight excluding hydrogens is 292 g/mol. The van der Waals surface area contributed by atoms with Gasteiger partial charge in [0.2, 0.25) is 0 Å². The first-order valence-electron chi connectivity index (χ1n) is 6.74. The minimum absolute atomic E-state index is 0. The molecule has 2 aromatic rings. The lowest BCUT2D eigenvalue weighted by molar-refractivity contribution is 0.0919. The van der Waals surface area contributed by atoms with Crippen LogP contribution in [0.2, 0.25) is 0 Å². The quantitative estimate of drug-likeness (QED) is 0.895. The second kappa shape index (κ2) is 6.57. The third-order valence-corrected chi connectivity index (χ3v) is 4.91. The van der Waals surface area contributed by atoms with Gasteiger partial charge in [0.25, 0.3) is 5.91 Å². The molecule has 1 aromatic heterocycles. The monoisotopic (exact) mass is 310 g/mol. The van der Waals surface area contributed by atoms with Crippen LogP contribution in [0.1, 0.15) is 23.0 Å². The van der Waals surface area contributed by atoms with Gasteiger partial charge in [0.15, 0.2) is 0 Å². The molecule has 5 heteroatoms. The number of carbonyl (C=O) groups excluding carboxylic acids is 1. The van der Waals surface area contributed by atoms with E-state index in [-0.39, 0.29) is 24.4 Å². The molecule has 0 bridgehead atoms. The van der Waals surface area contributed by atoms with E-state index in [1.807, 2.05) is 24.3 Å². The fourth-order valence-corrected chi connectivity index (χ4v) is 3.48. The van der Waals surface area contributed by atoms with Gasteiger partial charge in [0.05, 0.1) is 4.88 Å². The zero-order chi connectivity index (χ0) is 13.2. The van der Waals surface area contributed by atoms with E-state index in [4.69, 9.17) is 0 Å². The highest BCUT2D eigenvalue weighted by Gasteiger charge is 2.23. The highest BCUT2D eigenvalue weighted by Crippen LogP contribution is 2.25. The van der Waals surface area contributed by atoms with Gasteiger partial charge >= 0.3 is 0 Å². The van der Waals surface area contributed by atoms with Gasteiger partial charge in [-0.15, -0.1) is 23.7 Å². The van der Waals surface area contributed by atoms with Crippen LogP contribution in [0.25, 0.3) is 10.1 Å². The summed E-state index contributed by atoms with van der Waals surface area (Å²) in [6.07, 6.45) is 1.12. The molecule has 0 spiro atoms. The number of nitrogens with one attached hydrogen (secondary N) is 2. The van der Waals surface area contributed by atoms with Gasteiger partial charge in [-0.2, -0.15) is 0 Å². The lowest BCUT2D eigenvalue weighted by Gasteiger charge is -2.30.